The fourth-order valence-corrected chi connectivity index (χ4v) is 2.26. The highest BCUT2D eigenvalue weighted by Crippen LogP contribution is 2.17. The van der Waals surface area contributed by atoms with E-state index in [4.69, 9.17) is 16.3 Å². The number of rotatable bonds is 9. The Morgan fingerprint density at radius 3 is 2.61 bits per heavy atom. The number of anilines is 1. The largest absolute Gasteiger partial charge is 0.493 e. The van der Waals surface area contributed by atoms with Crippen LogP contribution in [0, 0.1) is 0 Å². The van der Waals surface area contributed by atoms with E-state index >= 15 is 0 Å². The molecule has 2 aromatic carbocycles. The van der Waals surface area contributed by atoms with Crippen LogP contribution in [0.2, 0.25) is 5.02 Å². The van der Waals surface area contributed by atoms with E-state index in [2.05, 4.69) is 17.5 Å². The van der Waals surface area contributed by atoms with Crippen molar-refractivity contribution in [2.45, 2.75) is 32.6 Å². The molecule has 3 nitrogen and oxygen atoms in total. The molecule has 0 spiro atoms. The van der Waals surface area contributed by atoms with Gasteiger partial charge in [-0.25, -0.2) is 0 Å². The van der Waals surface area contributed by atoms with Crippen molar-refractivity contribution in [1.29, 1.82) is 0 Å². The number of hydrogen-bond acceptors (Lipinski definition) is 3. The first-order chi connectivity index (χ1) is 11.3. The predicted octanol–water partition coefficient (Wildman–Crippen LogP) is 5.75. The third-order valence-corrected chi connectivity index (χ3v) is 3.67. The number of para-hydroxylation sites is 1. The first-order valence-corrected chi connectivity index (χ1v) is 8.44. The molecule has 0 aliphatic rings. The highest BCUT2D eigenvalue weighted by atomic mass is 35.5. The lowest BCUT2D eigenvalue weighted by atomic mass is 10.2. The molecule has 2 rings (SSSR count). The third-order valence-electron chi connectivity index (χ3n) is 3.42. The molecule has 1 N–H and O–H groups in total. The van der Waals surface area contributed by atoms with Crippen LogP contribution in [0.25, 0.3) is 0 Å². The summed E-state index contributed by atoms with van der Waals surface area (Å²) in [6.45, 7) is 2.95. The summed E-state index contributed by atoms with van der Waals surface area (Å²) in [6, 6.07) is 15.3. The van der Waals surface area contributed by atoms with Crippen LogP contribution < -0.4 is 10.2 Å². The van der Waals surface area contributed by atoms with Crippen molar-refractivity contribution in [2.75, 3.05) is 12.0 Å². The monoisotopic (exact) mass is 330 g/mol. The van der Waals surface area contributed by atoms with Gasteiger partial charge in [0.05, 0.1) is 18.5 Å². The lowest BCUT2D eigenvalue weighted by Crippen LogP contribution is -2.00. The van der Waals surface area contributed by atoms with Crippen molar-refractivity contribution in [1.82, 2.24) is 0 Å². The molecule has 23 heavy (non-hydrogen) atoms. The normalized spacial score (nSPS) is 10.9. The van der Waals surface area contributed by atoms with Crippen molar-refractivity contribution in [3.63, 3.8) is 0 Å². The minimum absolute atomic E-state index is 0.710. The summed E-state index contributed by atoms with van der Waals surface area (Å²) >= 11 is 5.86. The first kappa shape index (κ1) is 17.4. The summed E-state index contributed by atoms with van der Waals surface area (Å²) in [5, 5.41) is 4.97. The van der Waals surface area contributed by atoms with Gasteiger partial charge in [-0.15, -0.1) is 0 Å². The predicted molar refractivity (Wildman–Crippen MR) is 98.7 cm³/mol. The molecule has 0 radical (unpaired) electrons. The van der Waals surface area contributed by atoms with E-state index in [0.717, 1.165) is 30.0 Å². The molecule has 4 heteroatoms. The number of benzene rings is 2. The summed E-state index contributed by atoms with van der Waals surface area (Å²) in [5.41, 5.74) is 4.84. The lowest BCUT2D eigenvalue weighted by molar-refractivity contribution is 0.304. The Morgan fingerprint density at radius 1 is 1.04 bits per heavy atom. The SMILES string of the molecule is CCCCCCOc1ccccc1C=NNc1ccc(Cl)cc1. The molecule has 0 aromatic heterocycles. The van der Waals surface area contributed by atoms with Gasteiger partial charge in [0.2, 0.25) is 0 Å². The van der Waals surface area contributed by atoms with E-state index < -0.39 is 0 Å². The van der Waals surface area contributed by atoms with Crippen molar-refractivity contribution in [2.24, 2.45) is 5.10 Å². The van der Waals surface area contributed by atoms with Crippen LogP contribution in [0.3, 0.4) is 0 Å². The summed E-state index contributed by atoms with van der Waals surface area (Å²) < 4.78 is 5.87. The number of halogens is 1. The number of hydrogen-bond donors (Lipinski definition) is 1. The average Bonchev–Trinajstić information content (AvgIpc) is 2.58. The minimum Gasteiger partial charge on any atom is -0.493 e. The lowest BCUT2D eigenvalue weighted by Gasteiger charge is -2.08. The second-order valence-electron chi connectivity index (χ2n) is 5.32. The molecule has 2 aromatic rings. The molecule has 122 valence electrons. The van der Waals surface area contributed by atoms with E-state index in [1.807, 2.05) is 48.5 Å². The zero-order chi connectivity index (χ0) is 16.3. The van der Waals surface area contributed by atoms with Crippen molar-refractivity contribution in [3.05, 3.63) is 59.1 Å². The summed E-state index contributed by atoms with van der Waals surface area (Å²) in [5.74, 6) is 0.866. The molecule has 0 atom stereocenters. The van der Waals surface area contributed by atoms with E-state index in [0.29, 0.717) is 5.02 Å². The van der Waals surface area contributed by atoms with Gasteiger partial charge in [0, 0.05) is 10.6 Å². The Kier molecular flexibility index (Phi) is 7.47. The highest BCUT2D eigenvalue weighted by Gasteiger charge is 2.00. The van der Waals surface area contributed by atoms with Crippen LogP contribution in [0.1, 0.15) is 38.2 Å². The highest BCUT2D eigenvalue weighted by molar-refractivity contribution is 6.30. The Hall–Kier alpha value is -2.00. The van der Waals surface area contributed by atoms with Crippen LogP contribution in [-0.2, 0) is 0 Å². The molecule has 0 amide bonds. The van der Waals surface area contributed by atoms with Gasteiger partial charge in [0.15, 0.2) is 0 Å². The quantitative estimate of drug-likeness (QED) is 0.361. The zero-order valence-corrected chi connectivity index (χ0v) is 14.2. The Labute approximate surface area is 143 Å². The first-order valence-electron chi connectivity index (χ1n) is 8.06. The molecule has 0 heterocycles. The van der Waals surface area contributed by atoms with Crippen LogP contribution in [0.4, 0.5) is 5.69 Å². The molecule has 0 aliphatic heterocycles. The molecular formula is C19H23ClN2O. The van der Waals surface area contributed by atoms with Gasteiger partial charge in [-0.05, 0) is 42.8 Å². The van der Waals surface area contributed by atoms with E-state index in [9.17, 15) is 0 Å². The standard InChI is InChI=1S/C19H23ClN2O/c1-2-3-4-7-14-23-19-9-6-5-8-16(19)15-21-22-18-12-10-17(20)11-13-18/h5-6,8-13,15,22H,2-4,7,14H2,1H3. The summed E-state index contributed by atoms with van der Waals surface area (Å²) in [4.78, 5) is 0. The van der Waals surface area contributed by atoms with Gasteiger partial charge >= 0.3 is 0 Å². The third kappa shape index (κ3) is 6.33. The van der Waals surface area contributed by atoms with Gasteiger partial charge in [0.25, 0.3) is 0 Å². The average molecular weight is 331 g/mol. The van der Waals surface area contributed by atoms with Crippen molar-refractivity contribution >= 4 is 23.5 Å². The molecule has 0 saturated carbocycles. The summed E-state index contributed by atoms with van der Waals surface area (Å²) in [7, 11) is 0. The van der Waals surface area contributed by atoms with E-state index in [1.54, 1.807) is 6.21 Å². The number of unbranched alkanes of at least 4 members (excludes halogenated alkanes) is 3. The fourth-order valence-electron chi connectivity index (χ4n) is 2.13. The second-order valence-corrected chi connectivity index (χ2v) is 5.76. The molecular weight excluding hydrogens is 308 g/mol. The fraction of sp³-hybridized carbons (Fsp3) is 0.316. The van der Waals surface area contributed by atoms with Gasteiger partial charge in [-0.1, -0.05) is 49.9 Å². The second kappa shape index (κ2) is 9.90. The maximum absolute atomic E-state index is 5.87. The van der Waals surface area contributed by atoms with Crippen LogP contribution in [0.15, 0.2) is 53.6 Å². The topological polar surface area (TPSA) is 33.6 Å². The molecule has 0 fully saturated rings. The Bertz CT molecular complexity index is 611. The number of ether oxygens (including phenoxy) is 1. The summed E-state index contributed by atoms with van der Waals surface area (Å²) in [6.07, 6.45) is 6.57. The Balaban J connectivity index is 1.88. The molecule has 0 aliphatic carbocycles. The zero-order valence-electron chi connectivity index (χ0n) is 13.5. The molecule has 0 saturated heterocycles. The smallest absolute Gasteiger partial charge is 0.128 e. The van der Waals surface area contributed by atoms with Crippen molar-refractivity contribution in [3.8, 4) is 5.75 Å². The maximum atomic E-state index is 5.87. The van der Waals surface area contributed by atoms with Gasteiger partial charge in [-0.2, -0.15) is 5.10 Å². The number of hydrazone groups is 1. The molecule has 0 unspecified atom stereocenters. The number of nitrogens with one attached hydrogen (secondary N) is 1. The van der Waals surface area contributed by atoms with Gasteiger partial charge in [0.1, 0.15) is 5.75 Å². The number of nitrogens with zero attached hydrogens (tertiary/aromatic N) is 1. The molecule has 0 bridgehead atoms. The van der Waals surface area contributed by atoms with Crippen LogP contribution >= 0.6 is 11.6 Å². The van der Waals surface area contributed by atoms with Crippen LogP contribution in [-0.4, -0.2) is 12.8 Å². The Morgan fingerprint density at radius 2 is 1.83 bits per heavy atom. The van der Waals surface area contributed by atoms with Crippen LogP contribution in [0.5, 0.6) is 5.75 Å². The van der Waals surface area contributed by atoms with Gasteiger partial charge < -0.3 is 4.74 Å². The maximum Gasteiger partial charge on any atom is 0.128 e. The van der Waals surface area contributed by atoms with E-state index in [-0.39, 0.29) is 0 Å². The van der Waals surface area contributed by atoms with E-state index in [1.165, 1.54) is 19.3 Å². The van der Waals surface area contributed by atoms with Crippen molar-refractivity contribution < 1.29 is 4.74 Å². The van der Waals surface area contributed by atoms with Gasteiger partial charge in [-0.3, -0.25) is 5.43 Å². The minimum atomic E-state index is 0.710.